The van der Waals surface area contributed by atoms with Gasteiger partial charge >= 0.3 is 5.97 Å². The van der Waals surface area contributed by atoms with E-state index in [1.54, 1.807) is 6.92 Å². The van der Waals surface area contributed by atoms with E-state index in [1.165, 1.54) is 12.0 Å². The van der Waals surface area contributed by atoms with Crippen molar-refractivity contribution in [2.24, 2.45) is 0 Å². The number of amides is 1. The van der Waals surface area contributed by atoms with E-state index in [2.05, 4.69) is 4.74 Å². The van der Waals surface area contributed by atoms with Gasteiger partial charge in [0, 0.05) is 6.54 Å². The molecule has 0 heterocycles. The first kappa shape index (κ1) is 14.5. The van der Waals surface area contributed by atoms with Gasteiger partial charge in [-0.15, -0.1) is 11.6 Å². The van der Waals surface area contributed by atoms with Gasteiger partial charge in [0.15, 0.2) is 0 Å². The number of carbonyl (C=O) groups is 2. The quantitative estimate of drug-likeness (QED) is 0.605. The molecule has 0 aliphatic carbocycles. The maximum Gasteiger partial charge on any atom is 0.328 e. The molecular formula is C13H16ClNO3. The predicted octanol–water partition coefficient (Wildman–Crippen LogP) is 1.82. The fraction of sp³-hybridized carbons (Fsp3) is 0.385. The van der Waals surface area contributed by atoms with Crippen molar-refractivity contribution in [1.82, 2.24) is 4.90 Å². The summed E-state index contributed by atoms with van der Waals surface area (Å²) < 4.78 is 4.65. The highest BCUT2D eigenvalue weighted by atomic mass is 35.5. The maximum absolute atomic E-state index is 11.8. The van der Waals surface area contributed by atoms with Gasteiger partial charge in [0.05, 0.1) is 7.11 Å². The Hall–Kier alpha value is -1.55. The molecule has 1 aromatic carbocycles. The molecule has 5 heteroatoms. The summed E-state index contributed by atoms with van der Waals surface area (Å²) in [6.45, 7) is 1.96. The monoisotopic (exact) mass is 269 g/mol. The van der Waals surface area contributed by atoms with Crippen LogP contribution in [0, 0.1) is 0 Å². The minimum Gasteiger partial charge on any atom is -0.467 e. The summed E-state index contributed by atoms with van der Waals surface area (Å²) in [6.07, 6.45) is 0. The number of benzene rings is 1. The average molecular weight is 270 g/mol. The van der Waals surface area contributed by atoms with Crippen molar-refractivity contribution in [3.05, 3.63) is 35.9 Å². The number of rotatable bonds is 5. The van der Waals surface area contributed by atoms with E-state index in [0.29, 0.717) is 6.54 Å². The smallest absolute Gasteiger partial charge is 0.328 e. The van der Waals surface area contributed by atoms with Crippen LogP contribution < -0.4 is 0 Å². The van der Waals surface area contributed by atoms with Crippen LogP contribution in [-0.2, 0) is 20.9 Å². The number of methoxy groups -OCH3 is 1. The Bertz CT molecular complexity index is 408. The summed E-state index contributed by atoms with van der Waals surface area (Å²) in [4.78, 5) is 24.7. The molecule has 0 saturated heterocycles. The highest BCUT2D eigenvalue weighted by Gasteiger charge is 2.25. The second-order valence-electron chi connectivity index (χ2n) is 3.84. The van der Waals surface area contributed by atoms with Crippen LogP contribution in [0.5, 0.6) is 0 Å². The molecule has 0 saturated carbocycles. The highest BCUT2D eigenvalue weighted by Crippen LogP contribution is 2.10. The van der Waals surface area contributed by atoms with Crippen LogP contribution in [0.4, 0.5) is 0 Å². The van der Waals surface area contributed by atoms with E-state index in [0.717, 1.165) is 5.56 Å². The molecule has 0 N–H and O–H groups in total. The number of hydrogen-bond acceptors (Lipinski definition) is 3. The van der Waals surface area contributed by atoms with E-state index in [-0.39, 0.29) is 11.8 Å². The largest absolute Gasteiger partial charge is 0.467 e. The minimum absolute atomic E-state index is 0.159. The molecule has 0 fully saturated rings. The number of ether oxygens (including phenoxy) is 1. The second kappa shape index (κ2) is 7.01. The normalized spacial score (nSPS) is 11.7. The third-order valence-electron chi connectivity index (χ3n) is 2.64. The van der Waals surface area contributed by atoms with Gasteiger partial charge in [-0.05, 0) is 12.5 Å². The summed E-state index contributed by atoms with van der Waals surface area (Å²) in [6, 6.07) is 8.77. The predicted molar refractivity (Wildman–Crippen MR) is 69.2 cm³/mol. The van der Waals surface area contributed by atoms with Crippen molar-refractivity contribution in [3.63, 3.8) is 0 Å². The topological polar surface area (TPSA) is 46.6 Å². The van der Waals surface area contributed by atoms with Gasteiger partial charge < -0.3 is 9.64 Å². The fourth-order valence-electron chi connectivity index (χ4n) is 1.60. The van der Waals surface area contributed by atoms with Gasteiger partial charge in [-0.2, -0.15) is 0 Å². The van der Waals surface area contributed by atoms with Crippen molar-refractivity contribution in [2.45, 2.75) is 19.5 Å². The van der Waals surface area contributed by atoms with E-state index < -0.39 is 12.0 Å². The van der Waals surface area contributed by atoms with Crippen LogP contribution in [0.2, 0.25) is 0 Å². The van der Waals surface area contributed by atoms with Crippen molar-refractivity contribution in [2.75, 3.05) is 13.0 Å². The number of halogens is 1. The summed E-state index contributed by atoms with van der Waals surface area (Å²) in [7, 11) is 1.30. The Labute approximate surface area is 111 Å². The summed E-state index contributed by atoms with van der Waals surface area (Å²) in [5.41, 5.74) is 0.937. The molecule has 0 aliphatic heterocycles. The van der Waals surface area contributed by atoms with Gasteiger partial charge in [0.25, 0.3) is 0 Å². The van der Waals surface area contributed by atoms with Gasteiger partial charge in [-0.3, -0.25) is 4.79 Å². The van der Waals surface area contributed by atoms with E-state index >= 15 is 0 Å². The molecule has 1 amide bonds. The molecular weight excluding hydrogens is 254 g/mol. The highest BCUT2D eigenvalue weighted by molar-refractivity contribution is 6.27. The molecule has 0 aromatic heterocycles. The standard InChI is InChI=1S/C13H16ClNO3/c1-10(13(17)18-2)15(12(16)8-14)9-11-6-4-3-5-7-11/h3-7,10H,8-9H2,1-2H3/t10-/m0/s1. The lowest BCUT2D eigenvalue weighted by molar-refractivity contribution is -0.151. The minimum atomic E-state index is -0.651. The van der Waals surface area contributed by atoms with Crippen LogP contribution in [-0.4, -0.2) is 35.8 Å². The third-order valence-corrected chi connectivity index (χ3v) is 2.87. The Morgan fingerprint density at radius 3 is 2.44 bits per heavy atom. The lowest BCUT2D eigenvalue weighted by atomic mass is 10.2. The van der Waals surface area contributed by atoms with Crippen molar-refractivity contribution >= 4 is 23.5 Å². The summed E-state index contributed by atoms with van der Waals surface area (Å²) in [5, 5.41) is 0. The van der Waals surface area contributed by atoms with Gasteiger partial charge in [0.1, 0.15) is 11.9 Å². The summed E-state index contributed by atoms with van der Waals surface area (Å²) >= 11 is 5.56. The lowest BCUT2D eigenvalue weighted by Gasteiger charge is -2.26. The fourth-order valence-corrected chi connectivity index (χ4v) is 1.75. The Balaban J connectivity index is 2.86. The summed E-state index contributed by atoms with van der Waals surface area (Å²) in [5.74, 6) is -0.906. The van der Waals surface area contributed by atoms with E-state index in [4.69, 9.17) is 11.6 Å². The zero-order valence-electron chi connectivity index (χ0n) is 10.4. The Morgan fingerprint density at radius 2 is 1.94 bits per heavy atom. The second-order valence-corrected chi connectivity index (χ2v) is 4.11. The molecule has 18 heavy (non-hydrogen) atoms. The van der Waals surface area contributed by atoms with Gasteiger partial charge in [0.2, 0.25) is 5.91 Å². The van der Waals surface area contributed by atoms with Crippen molar-refractivity contribution < 1.29 is 14.3 Å². The zero-order valence-corrected chi connectivity index (χ0v) is 11.2. The first-order valence-electron chi connectivity index (χ1n) is 5.57. The van der Waals surface area contributed by atoms with Crippen LogP contribution in [0.15, 0.2) is 30.3 Å². The van der Waals surface area contributed by atoms with Crippen LogP contribution in [0.1, 0.15) is 12.5 Å². The van der Waals surface area contributed by atoms with Crippen molar-refractivity contribution in [3.8, 4) is 0 Å². The van der Waals surface area contributed by atoms with Crippen LogP contribution in [0.25, 0.3) is 0 Å². The molecule has 1 rings (SSSR count). The number of carbonyl (C=O) groups excluding carboxylic acids is 2. The third kappa shape index (κ3) is 3.74. The molecule has 1 atom stereocenters. The van der Waals surface area contributed by atoms with E-state index in [9.17, 15) is 9.59 Å². The Kier molecular flexibility index (Phi) is 5.65. The van der Waals surface area contributed by atoms with Crippen LogP contribution >= 0.6 is 11.6 Å². The number of hydrogen-bond donors (Lipinski definition) is 0. The molecule has 0 radical (unpaired) electrons. The first-order valence-corrected chi connectivity index (χ1v) is 6.10. The zero-order chi connectivity index (χ0) is 13.5. The Morgan fingerprint density at radius 1 is 1.33 bits per heavy atom. The molecule has 0 aliphatic rings. The van der Waals surface area contributed by atoms with Crippen LogP contribution in [0.3, 0.4) is 0 Å². The molecule has 4 nitrogen and oxygen atoms in total. The maximum atomic E-state index is 11.8. The lowest BCUT2D eigenvalue weighted by Crippen LogP contribution is -2.43. The number of nitrogens with zero attached hydrogens (tertiary/aromatic N) is 1. The van der Waals surface area contributed by atoms with Gasteiger partial charge in [-0.25, -0.2) is 4.79 Å². The van der Waals surface area contributed by atoms with Gasteiger partial charge in [-0.1, -0.05) is 30.3 Å². The number of esters is 1. The molecule has 1 aromatic rings. The van der Waals surface area contributed by atoms with Crippen molar-refractivity contribution in [1.29, 1.82) is 0 Å². The average Bonchev–Trinajstić information content (AvgIpc) is 2.43. The molecule has 0 bridgehead atoms. The number of alkyl halides is 1. The SMILES string of the molecule is COC(=O)[C@H](C)N(Cc1ccccc1)C(=O)CCl. The molecule has 0 unspecified atom stereocenters. The molecule has 98 valence electrons. The first-order chi connectivity index (χ1) is 8.60. The molecule has 0 spiro atoms. The van der Waals surface area contributed by atoms with E-state index in [1.807, 2.05) is 30.3 Å².